The average Bonchev–Trinajstić information content (AvgIpc) is 3.27. The van der Waals surface area contributed by atoms with Gasteiger partial charge in [-0.1, -0.05) is 0 Å². The van der Waals surface area contributed by atoms with E-state index in [-0.39, 0.29) is 11.8 Å². The number of nitrogens with zero attached hydrogens (tertiary/aromatic N) is 1. The summed E-state index contributed by atoms with van der Waals surface area (Å²) >= 11 is 1.63. The third-order valence-electron chi connectivity index (χ3n) is 3.52. The minimum absolute atomic E-state index is 0.195. The van der Waals surface area contributed by atoms with Crippen molar-refractivity contribution in [2.45, 2.75) is 19.3 Å². The summed E-state index contributed by atoms with van der Waals surface area (Å²) in [5, 5.41) is 6.03. The van der Waals surface area contributed by atoms with Crippen LogP contribution in [0.5, 0.6) is 5.75 Å². The molecule has 2 aromatic rings. The van der Waals surface area contributed by atoms with Gasteiger partial charge in [0.1, 0.15) is 10.8 Å². The van der Waals surface area contributed by atoms with Gasteiger partial charge >= 0.3 is 0 Å². The summed E-state index contributed by atoms with van der Waals surface area (Å²) in [6, 6.07) is 7.89. The van der Waals surface area contributed by atoms with Crippen molar-refractivity contribution in [1.29, 1.82) is 0 Å². The van der Waals surface area contributed by atoms with Gasteiger partial charge in [0, 0.05) is 29.8 Å². The first kappa shape index (κ1) is 14.1. The fraction of sp³-hybridized carbons (Fsp3) is 0.375. The van der Waals surface area contributed by atoms with Crippen LogP contribution in [0.25, 0.3) is 10.6 Å². The van der Waals surface area contributed by atoms with Crippen molar-refractivity contribution >= 4 is 17.2 Å². The molecule has 21 heavy (non-hydrogen) atoms. The largest absolute Gasteiger partial charge is 0.497 e. The van der Waals surface area contributed by atoms with Crippen LogP contribution in [-0.2, 0) is 11.2 Å². The van der Waals surface area contributed by atoms with E-state index in [1.54, 1.807) is 18.4 Å². The summed E-state index contributed by atoms with van der Waals surface area (Å²) in [5.74, 6) is 1.31. The molecular weight excluding hydrogens is 284 g/mol. The van der Waals surface area contributed by atoms with Crippen molar-refractivity contribution < 1.29 is 9.53 Å². The van der Waals surface area contributed by atoms with Gasteiger partial charge in [-0.3, -0.25) is 4.79 Å². The number of ether oxygens (including phenoxy) is 1. The Bertz CT molecular complexity index is 617. The van der Waals surface area contributed by atoms with E-state index in [4.69, 9.17) is 4.74 Å². The Kier molecular flexibility index (Phi) is 4.20. The zero-order valence-electron chi connectivity index (χ0n) is 12.0. The van der Waals surface area contributed by atoms with Crippen LogP contribution in [0.4, 0.5) is 0 Å². The molecule has 0 bridgehead atoms. The molecule has 1 aromatic heterocycles. The quantitative estimate of drug-likeness (QED) is 0.892. The maximum absolute atomic E-state index is 11.5. The smallest absolute Gasteiger partial charge is 0.223 e. The highest BCUT2D eigenvalue weighted by atomic mass is 32.1. The zero-order valence-corrected chi connectivity index (χ0v) is 12.8. The molecule has 1 aliphatic rings. The van der Waals surface area contributed by atoms with E-state index in [2.05, 4.69) is 15.7 Å². The molecule has 0 radical (unpaired) electrons. The van der Waals surface area contributed by atoms with E-state index in [1.165, 1.54) is 0 Å². The first-order valence-electron chi connectivity index (χ1n) is 7.13. The lowest BCUT2D eigenvalue weighted by molar-refractivity contribution is -0.122. The number of carbonyl (C=O) groups excluding carboxylic acids is 1. The normalized spacial score (nSPS) is 14.0. The molecule has 0 saturated heterocycles. The summed E-state index contributed by atoms with van der Waals surface area (Å²) in [6.45, 7) is 0.668. The second-order valence-electron chi connectivity index (χ2n) is 5.19. The van der Waals surface area contributed by atoms with E-state index < -0.39 is 0 Å². The van der Waals surface area contributed by atoms with Gasteiger partial charge in [-0.05, 0) is 37.1 Å². The molecule has 0 unspecified atom stereocenters. The number of aromatic nitrogens is 1. The van der Waals surface area contributed by atoms with Gasteiger partial charge < -0.3 is 10.1 Å². The highest BCUT2D eigenvalue weighted by Crippen LogP contribution is 2.29. The first-order valence-corrected chi connectivity index (χ1v) is 8.01. The van der Waals surface area contributed by atoms with Crippen molar-refractivity contribution in [2.75, 3.05) is 13.7 Å². The standard InChI is InChI=1S/C16H18N2O2S/c1-20-14-6-4-12(5-7-14)16-18-13(10-21-16)8-9-17-15(19)11-2-3-11/h4-7,10-11H,2-3,8-9H2,1H3,(H,17,19). The summed E-state index contributed by atoms with van der Waals surface area (Å²) < 4.78 is 5.15. The summed E-state index contributed by atoms with van der Waals surface area (Å²) in [7, 11) is 1.66. The maximum atomic E-state index is 11.5. The molecule has 1 heterocycles. The van der Waals surface area contributed by atoms with Crippen LogP contribution >= 0.6 is 11.3 Å². The Morgan fingerprint density at radius 1 is 1.38 bits per heavy atom. The van der Waals surface area contributed by atoms with Crippen LogP contribution in [0.3, 0.4) is 0 Å². The van der Waals surface area contributed by atoms with Crippen molar-refractivity contribution in [3.63, 3.8) is 0 Å². The van der Waals surface area contributed by atoms with E-state index in [9.17, 15) is 4.79 Å². The lowest BCUT2D eigenvalue weighted by Gasteiger charge is -2.02. The molecule has 1 saturated carbocycles. The van der Waals surface area contributed by atoms with Gasteiger partial charge in [-0.15, -0.1) is 11.3 Å². The molecule has 5 heteroatoms. The second kappa shape index (κ2) is 6.26. The van der Waals surface area contributed by atoms with E-state index >= 15 is 0 Å². The topological polar surface area (TPSA) is 51.2 Å². The van der Waals surface area contributed by atoms with Gasteiger partial charge in [-0.25, -0.2) is 4.98 Å². The molecule has 1 N–H and O–H groups in total. The van der Waals surface area contributed by atoms with Crippen molar-refractivity contribution in [2.24, 2.45) is 5.92 Å². The Labute approximate surface area is 128 Å². The molecule has 110 valence electrons. The van der Waals surface area contributed by atoms with E-state index in [0.717, 1.165) is 41.3 Å². The average molecular weight is 302 g/mol. The summed E-state index contributed by atoms with van der Waals surface area (Å²) in [6.07, 6.45) is 2.87. The van der Waals surface area contributed by atoms with Crippen LogP contribution in [0.15, 0.2) is 29.6 Å². The molecular formula is C16H18N2O2S. The zero-order chi connectivity index (χ0) is 14.7. The Morgan fingerprint density at radius 3 is 2.81 bits per heavy atom. The van der Waals surface area contributed by atoms with Gasteiger partial charge in [0.15, 0.2) is 0 Å². The number of nitrogens with one attached hydrogen (secondary N) is 1. The fourth-order valence-corrected chi connectivity index (χ4v) is 2.95. The van der Waals surface area contributed by atoms with Crippen LogP contribution in [-0.4, -0.2) is 24.5 Å². The molecule has 0 aliphatic heterocycles. The third kappa shape index (κ3) is 3.61. The lowest BCUT2D eigenvalue weighted by Crippen LogP contribution is -2.26. The van der Waals surface area contributed by atoms with Crippen LogP contribution in [0, 0.1) is 5.92 Å². The highest BCUT2D eigenvalue weighted by molar-refractivity contribution is 7.13. The number of thiazole rings is 1. The van der Waals surface area contributed by atoms with Crippen LogP contribution in [0.2, 0.25) is 0 Å². The van der Waals surface area contributed by atoms with E-state index in [1.807, 2.05) is 24.3 Å². The lowest BCUT2D eigenvalue weighted by atomic mass is 10.2. The third-order valence-corrected chi connectivity index (χ3v) is 4.46. The monoisotopic (exact) mass is 302 g/mol. The number of carbonyl (C=O) groups is 1. The Morgan fingerprint density at radius 2 is 2.14 bits per heavy atom. The number of hydrogen-bond acceptors (Lipinski definition) is 4. The molecule has 1 aromatic carbocycles. The van der Waals surface area contributed by atoms with Crippen molar-refractivity contribution in [1.82, 2.24) is 10.3 Å². The van der Waals surface area contributed by atoms with Gasteiger partial charge in [0.2, 0.25) is 5.91 Å². The van der Waals surface area contributed by atoms with E-state index in [0.29, 0.717) is 6.54 Å². The number of amides is 1. The Balaban J connectivity index is 1.55. The minimum Gasteiger partial charge on any atom is -0.497 e. The molecule has 0 spiro atoms. The predicted octanol–water partition coefficient (Wildman–Crippen LogP) is 2.89. The SMILES string of the molecule is COc1ccc(-c2nc(CCNC(=O)C3CC3)cs2)cc1. The molecule has 1 fully saturated rings. The van der Waals surface area contributed by atoms with Gasteiger partial charge in [-0.2, -0.15) is 0 Å². The Hall–Kier alpha value is -1.88. The molecule has 3 rings (SSSR count). The fourth-order valence-electron chi connectivity index (χ4n) is 2.09. The van der Waals surface area contributed by atoms with Gasteiger partial charge in [0.05, 0.1) is 12.8 Å². The van der Waals surface area contributed by atoms with Crippen molar-refractivity contribution in [3.8, 4) is 16.3 Å². The molecule has 1 aliphatic carbocycles. The number of hydrogen-bond donors (Lipinski definition) is 1. The van der Waals surface area contributed by atoms with Gasteiger partial charge in [0.25, 0.3) is 0 Å². The molecule has 1 amide bonds. The van der Waals surface area contributed by atoms with Crippen molar-refractivity contribution in [3.05, 3.63) is 35.3 Å². The molecule has 4 nitrogen and oxygen atoms in total. The number of rotatable bonds is 6. The first-order chi connectivity index (χ1) is 10.3. The highest BCUT2D eigenvalue weighted by Gasteiger charge is 2.29. The second-order valence-corrected chi connectivity index (χ2v) is 6.05. The number of methoxy groups -OCH3 is 1. The molecule has 0 atom stereocenters. The summed E-state index contributed by atoms with van der Waals surface area (Å²) in [5.41, 5.74) is 2.12. The predicted molar refractivity (Wildman–Crippen MR) is 83.5 cm³/mol. The maximum Gasteiger partial charge on any atom is 0.223 e. The van der Waals surface area contributed by atoms with Crippen LogP contribution < -0.4 is 10.1 Å². The number of benzene rings is 1. The summed E-state index contributed by atoms with van der Waals surface area (Å²) in [4.78, 5) is 16.2. The van der Waals surface area contributed by atoms with Crippen LogP contribution in [0.1, 0.15) is 18.5 Å². The minimum atomic E-state index is 0.195.